The Hall–Kier alpha value is -1.80. The van der Waals surface area contributed by atoms with Crippen molar-refractivity contribution >= 4 is 24.2 Å². The molecular weight excluding hydrogens is 359 g/mol. The van der Waals surface area contributed by atoms with Gasteiger partial charge in [0.1, 0.15) is 0 Å². The second kappa shape index (κ2) is 10.2. The van der Waals surface area contributed by atoms with Crippen LogP contribution in [0, 0.1) is 5.92 Å². The van der Waals surface area contributed by atoms with Crippen molar-refractivity contribution in [2.75, 3.05) is 13.1 Å². The Morgan fingerprint density at radius 1 is 1.20 bits per heavy atom. The van der Waals surface area contributed by atoms with Gasteiger partial charge in [0.05, 0.1) is 17.7 Å². The number of nitrogens with two attached hydrogens (primary N) is 1. The van der Waals surface area contributed by atoms with Gasteiger partial charge < -0.3 is 16.4 Å². The highest BCUT2D eigenvalue weighted by atomic mass is 35.5. The van der Waals surface area contributed by atoms with Gasteiger partial charge in [-0.1, -0.05) is 26.0 Å². The first kappa shape index (κ1) is 23.2. The van der Waals surface area contributed by atoms with Crippen molar-refractivity contribution in [1.82, 2.24) is 10.6 Å². The zero-order valence-corrected chi connectivity index (χ0v) is 14.8. The standard InChI is InChI=1S/C16H22F3N3O2.ClH/c1-10(2)7-11(8-20)22-14(23)9-21-15(24)12-5-3-4-6-13(12)16(17,18)19;/h3-6,10-11H,7-9,20H2,1-2H3,(H,21,24)(H,22,23);1H. The highest BCUT2D eigenvalue weighted by molar-refractivity contribution is 5.97. The maximum absolute atomic E-state index is 12.9. The molecule has 1 rings (SSSR count). The molecule has 9 heteroatoms. The molecule has 0 spiro atoms. The Balaban J connectivity index is 0.00000576. The minimum absolute atomic E-state index is 0. The van der Waals surface area contributed by atoms with Gasteiger partial charge in [-0.2, -0.15) is 13.2 Å². The van der Waals surface area contributed by atoms with E-state index in [0.717, 1.165) is 12.1 Å². The zero-order valence-electron chi connectivity index (χ0n) is 14.0. The molecule has 5 nitrogen and oxygen atoms in total. The van der Waals surface area contributed by atoms with Crippen LogP contribution in [0.4, 0.5) is 13.2 Å². The Labute approximate surface area is 150 Å². The lowest BCUT2D eigenvalue weighted by Gasteiger charge is -2.19. The van der Waals surface area contributed by atoms with E-state index in [1.54, 1.807) is 0 Å². The molecular formula is C16H23ClF3N3O2. The average molecular weight is 382 g/mol. The van der Waals surface area contributed by atoms with E-state index in [-0.39, 0.29) is 25.0 Å². The highest BCUT2D eigenvalue weighted by Gasteiger charge is 2.34. The van der Waals surface area contributed by atoms with Crippen molar-refractivity contribution in [3.8, 4) is 0 Å². The molecule has 0 aliphatic rings. The Bertz CT molecular complexity index is 580. The number of alkyl halides is 3. The van der Waals surface area contributed by atoms with Crippen LogP contribution in [0.25, 0.3) is 0 Å². The first-order valence-electron chi connectivity index (χ1n) is 7.59. The number of halogens is 4. The number of hydrogen-bond donors (Lipinski definition) is 3. The van der Waals surface area contributed by atoms with Crippen LogP contribution in [0.1, 0.15) is 36.2 Å². The minimum atomic E-state index is -4.64. The molecule has 0 saturated carbocycles. The predicted molar refractivity (Wildman–Crippen MR) is 91.5 cm³/mol. The summed E-state index contributed by atoms with van der Waals surface area (Å²) in [6.45, 7) is 3.78. The predicted octanol–water partition coefficient (Wildman–Crippen LogP) is 2.35. The van der Waals surface area contributed by atoms with Crippen molar-refractivity contribution < 1.29 is 22.8 Å². The van der Waals surface area contributed by atoms with E-state index >= 15 is 0 Å². The SMILES string of the molecule is CC(C)CC(CN)NC(=O)CNC(=O)c1ccccc1C(F)(F)F.Cl. The van der Waals surface area contributed by atoms with Crippen LogP contribution in [-0.2, 0) is 11.0 Å². The fourth-order valence-electron chi connectivity index (χ4n) is 2.25. The van der Waals surface area contributed by atoms with Crippen LogP contribution >= 0.6 is 12.4 Å². The molecule has 0 fully saturated rings. The van der Waals surface area contributed by atoms with Gasteiger partial charge in [-0.05, 0) is 24.5 Å². The van der Waals surface area contributed by atoms with Crippen LogP contribution in [-0.4, -0.2) is 30.9 Å². The lowest BCUT2D eigenvalue weighted by molar-refractivity contribution is -0.137. The summed E-state index contributed by atoms with van der Waals surface area (Å²) in [5.74, 6) is -1.12. The van der Waals surface area contributed by atoms with Gasteiger partial charge in [0.25, 0.3) is 5.91 Å². The number of carbonyl (C=O) groups excluding carboxylic acids is 2. The van der Waals surface area contributed by atoms with E-state index in [1.807, 2.05) is 13.8 Å². The molecule has 0 bridgehead atoms. The van der Waals surface area contributed by atoms with Gasteiger partial charge in [0, 0.05) is 12.6 Å². The van der Waals surface area contributed by atoms with Crippen LogP contribution in [0.2, 0.25) is 0 Å². The van der Waals surface area contributed by atoms with Crippen LogP contribution in [0.15, 0.2) is 24.3 Å². The van der Waals surface area contributed by atoms with Crippen LogP contribution in [0.5, 0.6) is 0 Å². The summed E-state index contributed by atoms with van der Waals surface area (Å²) >= 11 is 0. The number of rotatable bonds is 7. The average Bonchev–Trinajstić information content (AvgIpc) is 2.50. The highest BCUT2D eigenvalue weighted by Crippen LogP contribution is 2.31. The van der Waals surface area contributed by atoms with Crippen molar-refractivity contribution in [2.45, 2.75) is 32.5 Å². The van der Waals surface area contributed by atoms with E-state index in [4.69, 9.17) is 5.73 Å². The van der Waals surface area contributed by atoms with Gasteiger partial charge >= 0.3 is 6.18 Å². The summed E-state index contributed by atoms with van der Waals surface area (Å²) in [5, 5.41) is 4.85. The van der Waals surface area contributed by atoms with E-state index in [9.17, 15) is 22.8 Å². The first-order valence-corrected chi connectivity index (χ1v) is 7.59. The van der Waals surface area contributed by atoms with Crippen LogP contribution in [0.3, 0.4) is 0 Å². The molecule has 2 amide bonds. The fourth-order valence-corrected chi connectivity index (χ4v) is 2.25. The maximum Gasteiger partial charge on any atom is 0.417 e. The number of nitrogens with one attached hydrogen (secondary N) is 2. The smallest absolute Gasteiger partial charge is 0.351 e. The molecule has 1 unspecified atom stereocenters. The van der Waals surface area contributed by atoms with Gasteiger partial charge in [-0.15, -0.1) is 12.4 Å². The molecule has 0 aromatic heterocycles. The number of benzene rings is 1. The molecule has 0 radical (unpaired) electrons. The molecule has 0 aliphatic heterocycles. The van der Waals surface area contributed by atoms with Gasteiger partial charge in [-0.3, -0.25) is 9.59 Å². The third-order valence-corrected chi connectivity index (χ3v) is 3.29. The fraction of sp³-hybridized carbons (Fsp3) is 0.500. The van der Waals surface area contributed by atoms with Gasteiger partial charge in [0.2, 0.25) is 5.91 Å². The molecule has 0 aliphatic carbocycles. The molecule has 142 valence electrons. The van der Waals surface area contributed by atoms with E-state index in [1.165, 1.54) is 12.1 Å². The quantitative estimate of drug-likeness (QED) is 0.677. The van der Waals surface area contributed by atoms with Crippen molar-refractivity contribution in [2.24, 2.45) is 11.7 Å². The monoisotopic (exact) mass is 381 g/mol. The lowest BCUT2D eigenvalue weighted by Crippen LogP contribution is -2.45. The Kier molecular flexibility index (Phi) is 9.51. The molecule has 4 N–H and O–H groups in total. The molecule has 1 atom stereocenters. The third-order valence-electron chi connectivity index (χ3n) is 3.29. The number of carbonyl (C=O) groups is 2. The Morgan fingerprint density at radius 3 is 2.32 bits per heavy atom. The van der Waals surface area contributed by atoms with Crippen molar-refractivity contribution in [1.29, 1.82) is 0 Å². The Morgan fingerprint density at radius 2 is 1.80 bits per heavy atom. The molecule has 25 heavy (non-hydrogen) atoms. The van der Waals surface area contributed by atoms with E-state index in [2.05, 4.69) is 10.6 Å². The largest absolute Gasteiger partial charge is 0.417 e. The van der Waals surface area contributed by atoms with Crippen molar-refractivity contribution in [3.63, 3.8) is 0 Å². The van der Waals surface area contributed by atoms with Crippen molar-refractivity contribution in [3.05, 3.63) is 35.4 Å². The molecule has 1 aromatic rings. The topological polar surface area (TPSA) is 84.2 Å². The minimum Gasteiger partial charge on any atom is -0.351 e. The van der Waals surface area contributed by atoms with Gasteiger partial charge in [0.15, 0.2) is 0 Å². The summed E-state index contributed by atoms with van der Waals surface area (Å²) in [6, 6.07) is 4.18. The molecule has 0 heterocycles. The first-order chi connectivity index (χ1) is 11.1. The maximum atomic E-state index is 12.9. The second-order valence-electron chi connectivity index (χ2n) is 5.86. The van der Waals surface area contributed by atoms with E-state index in [0.29, 0.717) is 12.3 Å². The lowest BCUT2D eigenvalue weighted by atomic mass is 10.0. The summed E-state index contributed by atoms with van der Waals surface area (Å²) in [7, 11) is 0. The van der Waals surface area contributed by atoms with E-state index < -0.39 is 35.7 Å². The summed E-state index contributed by atoms with van der Waals surface area (Å²) in [4.78, 5) is 23.7. The summed E-state index contributed by atoms with van der Waals surface area (Å²) in [6.07, 6.45) is -3.97. The number of hydrogen-bond acceptors (Lipinski definition) is 3. The van der Waals surface area contributed by atoms with Crippen LogP contribution < -0.4 is 16.4 Å². The number of amides is 2. The summed E-state index contributed by atoms with van der Waals surface area (Å²) < 4.78 is 38.6. The van der Waals surface area contributed by atoms with Gasteiger partial charge in [-0.25, -0.2) is 0 Å². The molecule has 0 saturated heterocycles. The normalized spacial score (nSPS) is 12.3. The zero-order chi connectivity index (χ0) is 18.3. The second-order valence-corrected chi connectivity index (χ2v) is 5.86. The third kappa shape index (κ3) is 7.74. The molecule has 1 aromatic carbocycles. The summed E-state index contributed by atoms with van der Waals surface area (Å²) in [5.41, 5.74) is 4.00.